The number of rotatable bonds is 4. The summed E-state index contributed by atoms with van der Waals surface area (Å²) in [5.74, 6) is 1.92. The van der Waals surface area contributed by atoms with Gasteiger partial charge in [0.15, 0.2) is 0 Å². The van der Waals surface area contributed by atoms with E-state index in [2.05, 4.69) is 29.1 Å². The molecule has 19 heavy (non-hydrogen) atoms. The molecule has 1 saturated carbocycles. The van der Waals surface area contributed by atoms with E-state index in [0.29, 0.717) is 12.0 Å². The summed E-state index contributed by atoms with van der Waals surface area (Å²) < 4.78 is 4.79. The minimum Gasteiger partial charge on any atom is -0.469 e. The average molecular weight is 263 g/mol. The highest BCUT2D eigenvalue weighted by molar-refractivity contribution is 5.72. The number of esters is 1. The van der Waals surface area contributed by atoms with Gasteiger partial charge >= 0.3 is 5.97 Å². The monoisotopic (exact) mass is 263 g/mol. The quantitative estimate of drug-likeness (QED) is 0.845. The predicted molar refractivity (Wildman–Crippen MR) is 72.9 cm³/mol. The molecule has 2 rings (SSSR count). The molecule has 1 aliphatic carbocycles. The molecule has 1 fully saturated rings. The Morgan fingerprint density at radius 3 is 2.95 bits per heavy atom. The van der Waals surface area contributed by atoms with Crippen LogP contribution >= 0.6 is 0 Å². The van der Waals surface area contributed by atoms with Crippen LogP contribution in [-0.2, 0) is 9.53 Å². The van der Waals surface area contributed by atoms with Gasteiger partial charge in [-0.15, -0.1) is 0 Å². The largest absolute Gasteiger partial charge is 0.469 e. The first kappa shape index (κ1) is 13.8. The molecule has 1 aromatic rings. The molecule has 1 N–H and O–H groups in total. The number of ether oxygens (including phenoxy) is 1. The molecule has 0 unspecified atom stereocenters. The summed E-state index contributed by atoms with van der Waals surface area (Å²) in [5.41, 5.74) is 0. The molecule has 0 bridgehead atoms. The van der Waals surface area contributed by atoms with Crippen molar-refractivity contribution in [1.82, 2.24) is 9.97 Å². The molecule has 104 valence electrons. The lowest BCUT2D eigenvalue weighted by Crippen LogP contribution is -2.19. The van der Waals surface area contributed by atoms with Gasteiger partial charge in [0.25, 0.3) is 0 Å². The van der Waals surface area contributed by atoms with Crippen LogP contribution in [-0.4, -0.2) is 29.1 Å². The standard InChI is InChI=1S/C14H21N3O2/c1-9(2)13-15-7-6-12(17-13)16-11-5-4-10(8-11)14(18)19-3/h6-7,9-11H,4-5,8H2,1-3H3,(H,15,16,17)/t10-,11+/m0/s1. The Balaban J connectivity index is 1.95. The molecule has 1 aliphatic rings. The van der Waals surface area contributed by atoms with Crippen LogP contribution in [0, 0.1) is 5.92 Å². The summed E-state index contributed by atoms with van der Waals surface area (Å²) >= 11 is 0. The van der Waals surface area contributed by atoms with Crippen molar-refractivity contribution in [1.29, 1.82) is 0 Å². The second-order valence-electron chi connectivity index (χ2n) is 5.33. The van der Waals surface area contributed by atoms with Crippen molar-refractivity contribution >= 4 is 11.8 Å². The maximum atomic E-state index is 11.5. The van der Waals surface area contributed by atoms with Gasteiger partial charge in [-0.05, 0) is 25.3 Å². The van der Waals surface area contributed by atoms with Crippen LogP contribution in [0.5, 0.6) is 0 Å². The molecule has 5 nitrogen and oxygen atoms in total. The third-order valence-corrected chi connectivity index (χ3v) is 3.51. The lowest BCUT2D eigenvalue weighted by molar-refractivity contribution is -0.145. The van der Waals surface area contributed by atoms with Crippen molar-refractivity contribution in [2.45, 2.75) is 45.1 Å². The van der Waals surface area contributed by atoms with Crippen molar-refractivity contribution in [3.05, 3.63) is 18.1 Å². The molecule has 1 aromatic heterocycles. The first-order valence-corrected chi connectivity index (χ1v) is 6.77. The van der Waals surface area contributed by atoms with Gasteiger partial charge in [0.05, 0.1) is 13.0 Å². The van der Waals surface area contributed by atoms with Crippen LogP contribution in [0.3, 0.4) is 0 Å². The number of nitrogens with zero attached hydrogens (tertiary/aromatic N) is 2. The van der Waals surface area contributed by atoms with Crippen LogP contribution in [0.15, 0.2) is 12.3 Å². The van der Waals surface area contributed by atoms with Gasteiger partial charge in [-0.3, -0.25) is 4.79 Å². The van der Waals surface area contributed by atoms with E-state index < -0.39 is 0 Å². The van der Waals surface area contributed by atoms with E-state index in [-0.39, 0.29) is 11.9 Å². The third-order valence-electron chi connectivity index (χ3n) is 3.51. The Hall–Kier alpha value is -1.65. The highest BCUT2D eigenvalue weighted by Gasteiger charge is 2.30. The van der Waals surface area contributed by atoms with Crippen LogP contribution < -0.4 is 5.32 Å². The third kappa shape index (κ3) is 3.43. The number of nitrogens with one attached hydrogen (secondary N) is 1. The summed E-state index contributed by atoms with van der Waals surface area (Å²) in [6.07, 6.45) is 4.44. The SMILES string of the molecule is COC(=O)[C@H]1CC[C@@H](Nc2ccnc(C(C)C)n2)C1. The van der Waals surface area contributed by atoms with E-state index in [4.69, 9.17) is 4.74 Å². The van der Waals surface area contributed by atoms with Crippen LogP contribution in [0.25, 0.3) is 0 Å². The van der Waals surface area contributed by atoms with Crippen molar-refractivity contribution in [3.63, 3.8) is 0 Å². The highest BCUT2D eigenvalue weighted by Crippen LogP contribution is 2.28. The number of anilines is 1. The second kappa shape index (κ2) is 5.99. The number of aromatic nitrogens is 2. The number of carbonyl (C=O) groups excluding carboxylic acids is 1. The Bertz CT molecular complexity index is 448. The molecule has 1 heterocycles. The van der Waals surface area contributed by atoms with E-state index in [9.17, 15) is 4.79 Å². The molecule has 0 spiro atoms. The Kier molecular flexibility index (Phi) is 4.35. The predicted octanol–water partition coefficient (Wildman–Crippen LogP) is 2.35. The number of methoxy groups -OCH3 is 1. The van der Waals surface area contributed by atoms with Gasteiger partial charge in [-0.2, -0.15) is 0 Å². The number of hydrogen-bond acceptors (Lipinski definition) is 5. The zero-order valence-electron chi connectivity index (χ0n) is 11.7. The van der Waals surface area contributed by atoms with E-state index in [1.54, 1.807) is 6.20 Å². The molecule has 0 saturated heterocycles. The second-order valence-corrected chi connectivity index (χ2v) is 5.33. The molecule has 0 amide bonds. The lowest BCUT2D eigenvalue weighted by Gasteiger charge is -2.14. The minimum absolute atomic E-state index is 0.0221. The molecular formula is C14H21N3O2. The van der Waals surface area contributed by atoms with E-state index in [1.165, 1.54) is 7.11 Å². The van der Waals surface area contributed by atoms with Gasteiger partial charge in [-0.1, -0.05) is 13.8 Å². The summed E-state index contributed by atoms with van der Waals surface area (Å²) in [7, 11) is 1.45. The molecule has 0 aliphatic heterocycles. The van der Waals surface area contributed by atoms with Gasteiger partial charge in [0.2, 0.25) is 0 Å². The zero-order chi connectivity index (χ0) is 13.8. The topological polar surface area (TPSA) is 64.1 Å². The first-order valence-electron chi connectivity index (χ1n) is 6.77. The highest BCUT2D eigenvalue weighted by atomic mass is 16.5. The fourth-order valence-corrected chi connectivity index (χ4v) is 2.43. The van der Waals surface area contributed by atoms with E-state index >= 15 is 0 Å². The first-order chi connectivity index (χ1) is 9.10. The van der Waals surface area contributed by atoms with Gasteiger partial charge in [0, 0.05) is 18.2 Å². The van der Waals surface area contributed by atoms with E-state index in [1.807, 2.05) is 6.07 Å². The fourth-order valence-electron chi connectivity index (χ4n) is 2.43. The maximum absolute atomic E-state index is 11.5. The minimum atomic E-state index is -0.102. The van der Waals surface area contributed by atoms with Crippen LogP contribution in [0.1, 0.15) is 44.9 Å². The van der Waals surface area contributed by atoms with E-state index in [0.717, 1.165) is 30.9 Å². The maximum Gasteiger partial charge on any atom is 0.308 e. The molecular weight excluding hydrogens is 242 g/mol. The number of carbonyl (C=O) groups is 1. The molecule has 0 aromatic carbocycles. The summed E-state index contributed by atoms with van der Waals surface area (Å²) in [6, 6.07) is 2.16. The number of hydrogen-bond donors (Lipinski definition) is 1. The van der Waals surface area contributed by atoms with Gasteiger partial charge < -0.3 is 10.1 Å². The average Bonchev–Trinajstić information content (AvgIpc) is 2.86. The Morgan fingerprint density at radius 2 is 2.26 bits per heavy atom. The molecule has 2 atom stereocenters. The van der Waals surface area contributed by atoms with Crippen molar-refractivity contribution in [2.24, 2.45) is 5.92 Å². The van der Waals surface area contributed by atoms with Crippen LogP contribution in [0.4, 0.5) is 5.82 Å². The summed E-state index contributed by atoms with van der Waals surface area (Å²) in [4.78, 5) is 20.2. The van der Waals surface area contributed by atoms with Crippen molar-refractivity contribution in [2.75, 3.05) is 12.4 Å². The summed E-state index contributed by atoms with van der Waals surface area (Å²) in [6.45, 7) is 4.14. The Morgan fingerprint density at radius 1 is 1.47 bits per heavy atom. The smallest absolute Gasteiger partial charge is 0.308 e. The normalized spacial score (nSPS) is 22.5. The van der Waals surface area contributed by atoms with Crippen LogP contribution in [0.2, 0.25) is 0 Å². The zero-order valence-corrected chi connectivity index (χ0v) is 11.7. The molecule has 5 heteroatoms. The Labute approximate surface area is 113 Å². The van der Waals surface area contributed by atoms with Crippen molar-refractivity contribution < 1.29 is 9.53 Å². The molecule has 0 radical (unpaired) electrons. The summed E-state index contributed by atoms with van der Waals surface area (Å²) in [5, 5.41) is 3.39. The van der Waals surface area contributed by atoms with Gasteiger partial charge in [0.1, 0.15) is 11.6 Å². The van der Waals surface area contributed by atoms with Crippen molar-refractivity contribution in [3.8, 4) is 0 Å². The lowest BCUT2D eigenvalue weighted by atomic mass is 10.1. The fraction of sp³-hybridized carbons (Fsp3) is 0.643. The van der Waals surface area contributed by atoms with Gasteiger partial charge in [-0.25, -0.2) is 9.97 Å².